The lowest BCUT2D eigenvalue weighted by Gasteiger charge is -2.29. The predicted molar refractivity (Wildman–Crippen MR) is 110 cm³/mol. The van der Waals surface area contributed by atoms with Crippen LogP contribution >= 0.6 is 0 Å². The summed E-state index contributed by atoms with van der Waals surface area (Å²) < 4.78 is 0. The molecular formula is C22H33N3O2. The highest BCUT2D eigenvalue weighted by molar-refractivity contribution is 5.92. The Labute approximate surface area is 162 Å². The lowest BCUT2D eigenvalue weighted by molar-refractivity contribution is -0.122. The minimum absolute atomic E-state index is 0.0336. The summed E-state index contributed by atoms with van der Waals surface area (Å²) in [5, 5.41) is 9.44. The molecule has 27 heavy (non-hydrogen) atoms. The van der Waals surface area contributed by atoms with Gasteiger partial charge >= 0.3 is 0 Å². The van der Waals surface area contributed by atoms with E-state index in [1.165, 1.54) is 32.6 Å². The first-order chi connectivity index (χ1) is 12.8. The Bertz CT molecular complexity index is 731. The molecule has 5 unspecified atom stereocenters. The number of rotatable bonds is 6. The van der Waals surface area contributed by atoms with Gasteiger partial charge in [-0.3, -0.25) is 9.59 Å². The van der Waals surface area contributed by atoms with Gasteiger partial charge in [0.25, 0.3) is 0 Å². The number of carbonyl (C=O) groups is 2. The fourth-order valence-electron chi connectivity index (χ4n) is 5.03. The molecule has 3 N–H and O–H groups in total. The molecule has 0 heterocycles. The number of aryl methyl sites for hydroxylation is 1. The summed E-state index contributed by atoms with van der Waals surface area (Å²) in [6.45, 7) is 9.48. The van der Waals surface area contributed by atoms with Gasteiger partial charge in [-0.2, -0.15) is 0 Å². The molecule has 1 aromatic carbocycles. The molecule has 5 heteroatoms. The Morgan fingerprint density at radius 2 is 1.85 bits per heavy atom. The fraction of sp³-hybridized carbons (Fsp3) is 0.636. The molecule has 1 aromatic rings. The number of nitrogens with one attached hydrogen (secondary N) is 3. The van der Waals surface area contributed by atoms with Gasteiger partial charge in [0.2, 0.25) is 11.8 Å². The molecule has 2 aliphatic rings. The summed E-state index contributed by atoms with van der Waals surface area (Å²) in [4.78, 5) is 24.2. The van der Waals surface area contributed by atoms with Crippen LogP contribution in [0.4, 0.5) is 11.4 Å². The van der Waals surface area contributed by atoms with Gasteiger partial charge in [0, 0.05) is 24.3 Å². The van der Waals surface area contributed by atoms with Crippen molar-refractivity contribution in [3.05, 3.63) is 23.3 Å². The van der Waals surface area contributed by atoms with E-state index in [-0.39, 0.29) is 23.9 Å². The molecule has 0 spiro atoms. The van der Waals surface area contributed by atoms with E-state index < -0.39 is 0 Å². The SMILES string of the molecule is CC(=O)Nc1c(C)ccc(NC(C)C(=O)NC(C)C2CC3CCC2C3)c1C. The van der Waals surface area contributed by atoms with Gasteiger partial charge in [0.15, 0.2) is 0 Å². The number of amides is 2. The summed E-state index contributed by atoms with van der Waals surface area (Å²) >= 11 is 0. The third-order valence-corrected chi connectivity index (χ3v) is 6.54. The molecule has 5 nitrogen and oxygen atoms in total. The van der Waals surface area contributed by atoms with E-state index in [4.69, 9.17) is 0 Å². The van der Waals surface area contributed by atoms with Crippen LogP contribution in [0.2, 0.25) is 0 Å². The Morgan fingerprint density at radius 1 is 1.11 bits per heavy atom. The standard InChI is InChI=1S/C22H33N3O2/c1-12-6-9-20(13(2)21(12)25-16(5)26)23-15(4)22(27)24-14(3)19-11-17-7-8-18(19)10-17/h6,9,14-15,17-19,23H,7-8,10-11H2,1-5H3,(H,24,27)(H,25,26). The number of anilines is 2. The fourth-order valence-corrected chi connectivity index (χ4v) is 5.03. The second-order valence-electron chi connectivity index (χ2n) is 8.61. The Morgan fingerprint density at radius 3 is 2.44 bits per heavy atom. The van der Waals surface area contributed by atoms with Crippen LogP contribution in [0.5, 0.6) is 0 Å². The van der Waals surface area contributed by atoms with Crippen LogP contribution in [0.25, 0.3) is 0 Å². The summed E-state index contributed by atoms with van der Waals surface area (Å²) in [6, 6.07) is 3.83. The van der Waals surface area contributed by atoms with Gasteiger partial charge in [0.05, 0.1) is 0 Å². The maximum absolute atomic E-state index is 12.7. The first-order valence-electron chi connectivity index (χ1n) is 10.2. The van der Waals surface area contributed by atoms with Crippen LogP contribution in [-0.4, -0.2) is 23.9 Å². The minimum Gasteiger partial charge on any atom is -0.374 e. The highest BCUT2D eigenvalue weighted by Gasteiger charge is 2.42. The van der Waals surface area contributed by atoms with Gasteiger partial charge in [-0.05, 0) is 81.9 Å². The smallest absolute Gasteiger partial charge is 0.242 e. The van der Waals surface area contributed by atoms with Crippen molar-refractivity contribution in [2.75, 3.05) is 10.6 Å². The second kappa shape index (κ2) is 7.91. The van der Waals surface area contributed by atoms with E-state index in [2.05, 4.69) is 22.9 Å². The molecular weight excluding hydrogens is 338 g/mol. The monoisotopic (exact) mass is 371 g/mol. The lowest BCUT2D eigenvalue weighted by Crippen LogP contribution is -2.46. The van der Waals surface area contributed by atoms with Gasteiger partial charge < -0.3 is 16.0 Å². The van der Waals surface area contributed by atoms with E-state index in [1.54, 1.807) is 0 Å². The third-order valence-electron chi connectivity index (χ3n) is 6.54. The van der Waals surface area contributed by atoms with Crippen molar-refractivity contribution >= 4 is 23.2 Å². The zero-order valence-electron chi connectivity index (χ0n) is 17.2. The third kappa shape index (κ3) is 4.28. The highest BCUT2D eigenvalue weighted by atomic mass is 16.2. The van der Waals surface area contributed by atoms with Crippen molar-refractivity contribution in [1.29, 1.82) is 0 Å². The van der Waals surface area contributed by atoms with Crippen molar-refractivity contribution in [2.45, 2.75) is 72.4 Å². The van der Waals surface area contributed by atoms with Crippen molar-refractivity contribution in [1.82, 2.24) is 5.32 Å². The number of benzene rings is 1. The quantitative estimate of drug-likeness (QED) is 0.708. The normalized spacial score (nSPS) is 25.7. The summed E-state index contributed by atoms with van der Waals surface area (Å²) in [5.74, 6) is 2.26. The van der Waals surface area contributed by atoms with Gasteiger partial charge in [-0.15, -0.1) is 0 Å². The van der Waals surface area contributed by atoms with E-state index in [0.29, 0.717) is 5.92 Å². The molecule has 0 radical (unpaired) electrons. The molecule has 148 valence electrons. The van der Waals surface area contributed by atoms with Crippen LogP contribution in [0.1, 0.15) is 57.6 Å². The van der Waals surface area contributed by atoms with Crippen LogP contribution in [-0.2, 0) is 9.59 Å². The molecule has 2 saturated carbocycles. The topological polar surface area (TPSA) is 70.2 Å². The van der Waals surface area contributed by atoms with E-state index in [0.717, 1.165) is 34.3 Å². The van der Waals surface area contributed by atoms with Crippen molar-refractivity contribution in [3.8, 4) is 0 Å². The second-order valence-corrected chi connectivity index (χ2v) is 8.61. The summed E-state index contributed by atoms with van der Waals surface area (Å²) in [6.07, 6.45) is 5.33. The summed E-state index contributed by atoms with van der Waals surface area (Å²) in [5.41, 5.74) is 3.65. The van der Waals surface area contributed by atoms with Crippen molar-refractivity contribution in [2.24, 2.45) is 17.8 Å². The number of carbonyl (C=O) groups excluding carboxylic acids is 2. The van der Waals surface area contributed by atoms with Gasteiger partial charge in [-0.25, -0.2) is 0 Å². The molecule has 3 rings (SSSR count). The average Bonchev–Trinajstić information content (AvgIpc) is 3.24. The molecule has 2 fully saturated rings. The first kappa shape index (κ1) is 19.7. The molecule has 0 aromatic heterocycles. The van der Waals surface area contributed by atoms with Crippen LogP contribution in [0.15, 0.2) is 12.1 Å². The van der Waals surface area contributed by atoms with E-state index in [9.17, 15) is 9.59 Å². The number of hydrogen-bond donors (Lipinski definition) is 3. The maximum Gasteiger partial charge on any atom is 0.242 e. The Hall–Kier alpha value is -2.04. The van der Waals surface area contributed by atoms with Crippen molar-refractivity contribution < 1.29 is 9.59 Å². The molecule has 0 saturated heterocycles. The highest BCUT2D eigenvalue weighted by Crippen LogP contribution is 2.49. The zero-order chi connectivity index (χ0) is 19.7. The molecule has 5 atom stereocenters. The average molecular weight is 372 g/mol. The molecule has 0 aliphatic heterocycles. The number of hydrogen-bond acceptors (Lipinski definition) is 3. The first-order valence-corrected chi connectivity index (χ1v) is 10.2. The van der Waals surface area contributed by atoms with Gasteiger partial charge in [-0.1, -0.05) is 12.5 Å². The molecule has 2 aliphatic carbocycles. The van der Waals surface area contributed by atoms with Crippen molar-refractivity contribution in [3.63, 3.8) is 0 Å². The van der Waals surface area contributed by atoms with Gasteiger partial charge in [0.1, 0.15) is 6.04 Å². The Kier molecular flexibility index (Phi) is 5.78. The van der Waals surface area contributed by atoms with Crippen LogP contribution in [0.3, 0.4) is 0 Å². The van der Waals surface area contributed by atoms with E-state index >= 15 is 0 Å². The lowest BCUT2D eigenvalue weighted by atomic mass is 9.84. The summed E-state index contributed by atoms with van der Waals surface area (Å²) in [7, 11) is 0. The Balaban J connectivity index is 1.62. The predicted octanol–water partition coefficient (Wildman–Crippen LogP) is 4.00. The number of fused-ring (bicyclic) bond motifs is 2. The largest absolute Gasteiger partial charge is 0.374 e. The maximum atomic E-state index is 12.7. The van der Waals surface area contributed by atoms with Crippen LogP contribution in [0, 0.1) is 31.6 Å². The zero-order valence-corrected chi connectivity index (χ0v) is 17.2. The minimum atomic E-state index is -0.336. The molecule has 2 amide bonds. The van der Waals surface area contributed by atoms with Crippen LogP contribution < -0.4 is 16.0 Å². The molecule has 2 bridgehead atoms. The van der Waals surface area contributed by atoms with E-state index in [1.807, 2.05) is 32.9 Å².